The van der Waals surface area contributed by atoms with Gasteiger partial charge in [0.05, 0.1) is 6.10 Å². The molecule has 114 valence electrons. The molecule has 0 unspecified atom stereocenters. The minimum atomic E-state index is -0.216. The van der Waals surface area contributed by atoms with Crippen molar-refractivity contribution >= 4 is 5.91 Å². The van der Waals surface area contributed by atoms with Crippen LogP contribution in [-0.2, 0) is 4.79 Å². The summed E-state index contributed by atoms with van der Waals surface area (Å²) in [7, 11) is 0. The molecule has 1 aliphatic heterocycles. The summed E-state index contributed by atoms with van der Waals surface area (Å²) in [5, 5.41) is 9.56. The van der Waals surface area contributed by atoms with Crippen LogP contribution in [0.4, 0.5) is 0 Å². The van der Waals surface area contributed by atoms with Crippen molar-refractivity contribution < 1.29 is 9.90 Å². The molecule has 1 saturated carbocycles. The minimum absolute atomic E-state index is 0.0190. The Labute approximate surface area is 125 Å². The standard InChI is InChI=1S/C17H24N2O2/c18-16-11-19(10-15(16)12-4-2-1-3-5-12)17(21)13-6-8-14(20)9-7-13/h1-5,13-16,20H,6-11,18H2/t13?,14?,15-,16+/m1/s1. The third kappa shape index (κ3) is 3.11. The third-order valence-electron chi connectivity index (χ3n) is 4.95. The Morgan fingerprint density at radius 3 is 2.43 bits per heavy atom. The number of carbonyl (C=O) groups excluding carboxylic acids is 1. The average molecular weight is 288 g/mol. The first-order valence-corrected chi connectivity index (χ1v) is 7.92. The number of amides is 1. The van der Waals surface area contributed by atoms with E-state index in [1.54, 1.807) is 0 Å². The molecule has 3 rings (SSSR count). The molecule has 0 aromatic heterocycles. The number of nitrogens with zero attached hydrogens (tertiary/aromatic N) is 1. The fraction of sp³-hybridized carbons (Fsp3) is 0.588. The van der Waals surface area contributed by atoms with Crippen molar-refractivity contribution in [2.45, 2.75) is 43.7 Å². The highest BCUT2D eigenvalue weighted by atomic mass is 16.3. The molecule has 1 saturated heterocycles. The molecule has 3 N–H and O–H groups in total. The fourth-order valence-corrected chi connectivity index (χ4v) is 3.64. The Kier molecular flexibility index (Phi) is 4.27. The summed E-state index contributed by atoms with van der Waals surface area (Å²) in [4.78, 5) is 14.6. The van der Waals surface area contributed by atoms with Gasteiger partial charge in [-0.2, -0.15) is 0 Å². The van der Waals surface area contributed by atoms with Crippen LogP contribution in [0.2, 0.25) is 0 Å². The van der Waals surface area contributed by atoms with Gasteiger partial charge in [0, 0.05) is 31.0 Å². The number of benzene rings is 1. The van der Waals surface area contributed by atoms with Crippen LogP contribution in [0.15, 0.2) is 30.3 Å². The van der Waals surface area contributed by atoms with Gasteiger partial charge in [-0.25, -0.2) is 0 Å². The molecule has 0 bridgehead atoms. The van der Waals surface area contributed by atoms with Crippen LogP contribution in [-0.4, -0.2) is 41.1 Å². The van der Waals surface area contributed by atoms with Crippen molar-refractivity contribution in [3.8, 4) is 0 Å². The van der Waals surface area contributed by atoms with E-state index >= 15 is 0 Å². The first-order chi connectivity index (χ1) is 10.1. The Morgan fingerprint density at radius 2 is 1.76 bits per heavy atom. The van der Waals surface area contributed by atoms with E-state index in [4.69, 9.17) is 5.73 Å². The van der Waals surface area contributed by atoms with Gasteiger partial charge in [-0.3, -0.25) is 4.79 Å². The second-order valence-corrected chi connectivity index (χ2v) is 6.43. The molecule has 0 spiro atoms. The van der Waals surface area contributed by atoms with Crippen LogP contribution in [0.5, 0.6) is 0 Å². The van der Waals surface area contributed by atoms with Gasteiger partial charge >= 0.3 is 0 Å². The van der Waals surface area contributed by atoms with Crippen molar-refractivity contribution in [2.75, 3.05) is 13.1 Å². The number of likely N-dealkylation sites (tertiary alicyclic amines) is 1. The zero-order chi connectivity index (χ0) is 14.8. The predicted molar refractivity (Wildman–Crippen MR) is 81.7 cm³/mol. The van der Waals surface area contributed by atoms with Crippen molar-refractivity contribution in [3.05, 3.63) is 35.9 Å². The molecule has 2 atom stereocenters. The summed E-state index contributed by atoms with van der Waals surface area (Å²) in [6.07, 6.45) is 2.90. The quantitative estimate of drug-likeness (QED) is 0.866. The number of aliphatic hydroxyl groups excluding tert-OH is 1. The molecule has 0 radical (unpaired) electrons. The van der Waals surface area contributed by atoms with E-state index in [1.165, 1.54) is 5.56 Å². The van der Waals surface area contributed by atoms with E-state index in [-0.39, 0.29) is 29.9 Å². The highest BCUT2D eigenvalue weighted by Gasteiger charge is 2.37. The highest BCUT2D eigenvalue weighted by Crippen LogP contribution is 2.31. The van der Waals surface area contributed by atoms with Gasteiger partial charge in [-0.1, -0.05) is 30.3 Å². The number of aliphatic hydroxyl groups is 1. The van der Waals surface area contributed by atoms with E-state index in [9.17, 15) is 9.90 Å². The fourth-order valence-electron chi connectivity index (χ4n) is 3.64. The van der Waals surface area contributed by atoms with E-state index in [1.807, 2.05) is 23.1 Å². The maximum Gasteiger partial charge on any atom is 0.225 e. The number of carbonyl (C=O) groups is 1. The van der Waals surface area contributed by atoms with Crippen LogP contribution in [0.3, 0.4) is 0 Å². The molecule has 4 heteroatoms. The number of hydrogen-bond donors (Lipinski definition) is 2. The van der Waals surface area contributed by atoms with Gasteiger partial charge in [0.2, 0.25) is 5.91 Å². The molecule has 4 nitrogen and oxygen atoms in total. The number of hydrogen-bond acceptors (Lipinski definition) is 3. The molecule has 1 aromatic rings. The summed E-state index contributed by atoms with van der Waals surface area (Å²) in [6.45, 7) is 1.38. The van der Waals surface area contributed by atoms with Crippen LogP contribution in [0, 0.1) is 5.92 Å². The zero-order valence-electron chi connectivity index (χ0n) is 12.3. The SMILES string of the molecule is N[C@H]1CN(C(=O)C2CCC(O)CC2)C[C@@H]1c1ccccc1. The topological polar surface area (TPSA) is 66.6 Å². The van der Waals surface area contributed by atoms with Crippen molar-refractivity contribution in [1.29, 1.82) is 0 Å². The van der Waals surface area contributed by atoms with E-state index in [0.29, 0.717) is 6.54 Å². The lowest BCUT2D eigenvalue weighted by Gasteiger charge is -2.28. The van der Waals surface area contributed by atoms with Crippen molar-refractivity contribution in [3.63, 3.8) is 0 Å². The third-order valence-corrected chi connectivity index (χ3v) is 4.95. The maximum atomic E-state index is 12.6. The van der Waals surface area contributed by atoms with Crippen molar-refractivity contribution in [2.24, 2.45) is 11.7 Å². The summed E-state index contributed by atoms with van der Waals surface area (Å²) in [5.41, 5.74) is 7.48. The van der Waals surface area contributed by atoms with Gasteiger partial charge in [0.15, 0.2) is 0 Å². The normalized spacial score (nSPS) is 33.1. The first-order valence-electron chi connectivity index (χ1n) is 7.92. The lowest BCUT2D eigenvalue weighted by atomic mass is 9.86. The number of nitrogens with two attached hydrogens (primary N) is 1. The predicted octanol–water partition coefficient (Wildman–Crippen LogP) is 1.49. The van der Waals surface area contributed by atoms with Crippen LogP contribution >= 0.6 is 0 Å². The summed E-state index contributed by atoms with van der Waals surface area (Å²) >= 11 is 0. The van der Waals surface area contributed by atoms with Gasteiger partial charge < -0.3 is 15.7 Å². The monoisotopic (exact) mass is 288 g/mol. The van der Waals surface area contributed by atoms with Gasteiger partial charge in [0.1, 0.15) is 0 Å². The summed E-state index contributed by atoms with van der Waals surface area (Å²) in [5.74, 6) is 0.551. The smallest absolute Gasteiger partial charge is 0.225 e. The highest BCUT2D eigenvalue weighted by molar-refractivity contribution is 5.79. The Hall–Kier alpha value is -1.39. The van der Waals surface area contributed by atoms with Gasteiger partial charge in [0.25, 0.3) is 0 Å². The zero-order valence-corrected chi connectivity index (χ0v) is 12.3. The van der Waals surface area contributed by atoms with Gasteiger partial charge in [-0.05, 0) is 31.2 Å². The molecular formula is C17H24N2O2. The molecule has 2 aliphatic rings. The molecule has 1 aromatic carbocycles. The molecule has 21 heavy (non-hydrogen) atoms. The molecule has 2 fully saturated rings. The lowest BCUT2D eigenvalue weighted by Crippen LogP contribution is -2.38. The largest absolute Gasteiger partial charge is 0.393 e. The summed E-state index contributed by atoms with van der Waals surface area (Å²) < 4.78 is 0. The molecular weight excluding hydrogens is 264 g/mol. The first kappa shape index (κ1) is 14.5. The lowest BCUT2D eigenvalue weighted by molar-refractivity contribution is -0.136. The van der Waals surface area contributed by atoms with Gasteiger partial charge in [-0.15, -0.1) is 0 Å². The Morgan fingerprint density at radius 1 is 1.10 bits per heavy atom. The van der Waals surface area contributed by atoms with Crippen LogP contribution in [0.25, 0.3) is 0 Å². The second kappa shape index (κ2) is 6.16. The Bertz CT molecular complexity index is 483. The molecule has 1 amide bonds. The summed E-state index contributed by atoms with van der Waals surface area (Å²) in [6, 6.07) is 10.3. The van der Waals surface area contributed by atoms with E-state index < -0.39 is 0 Å². The maximum absolute atomic E-state index is 12.6. The van der Waals surface area contributed by atoms with Crippen LogP contribution < -0.4 is 5.73 Å². The molecule has 1 aliphatic carbocycles. The Balaban J connectivity index is 1.64. The minimum Gasteiger partial charge on any atom is -0.393 e. The van der Waals surface area contributed by atoms with E-state index in [0.717, 1.165) is 32.2 Å². The van der Waals surface area contributed by atoms with E-state index in [2.05, 4.69) is 12.1 Å². The number of rotatable bonds is 2. The van der Waals surface area contributed by atoms with Crippen LogP contribution in [0.1, 0.15) is 37.2 Å². The molecule has 1 heterocycles. The van der Waals surface area contributed by atoms with Crippen molar-refractivity contribution in [1.82, 2.24) is 4.90 Å². The average Bonchev–Trinajstić information content (AvgIpc) is 2.90. The second-order valence-electron chi connectivity index (χ2n) is 6.43.